The highest BCUT2D eigenvalue weighted by atomic mass is 16.5. The molecule has 1 fully saturated rings. The number of amides is 1. The van der Waals surface area contributed by atoms with Gasteiger partial charge in [0.15, 0.2) is 0 Å². The summed E-state index contributed by atoms with van der Waals surface area (Å²) in [4.78, 5) is 11.9. The van der Waals surface area contributed by atoms with Crippen LogP contribution in [0.2, 0.25) is 0 Å². The average molecular weight is 313 g/mol. The van der Waals surface area contributed by atoms with Crippen LogP contribution in [0.5, 0.6) is 5.75 Å². The fourth-order valence-electron chi connectivity index (χ4n) is 3.69. The Kier molecular flexibility index (Phi) is 4.70. The lowest BCUT2D eigenvalue weighted by Gasteiger charge is -2.32. The van der Waals surface area contributed by atoms with E-state index in [4.69, 9.17) is 4.74 Å². The minimum Gasteiger partial charge on any atom is -0.508 e. The second-order valence-electron chi connectivity index (χ2n) is 6.23. The van der Waals surface area contributed by atoms with Gasteiger partial charge in [-0.3, -0.25) is 0 Å². The number of phenols is 1. The van der Waals surface area contributed by atoms with E-state index in [0.29, 0.717) is 5.92 Å². The van der Waals surface area contributed by atoms with Gasteiger partial charge >= 0.3 is 6.09 Å². The molecule has 0 aliphatic heterocycles. The molecule has 122 valence electrons. The van der Waals surface area contributed by atoms with Crippen LogP contribution in [0.3, 0.4) is 0 Å². The van der Waals surface area contributed by atoms with Gasteiger partial charge < -0.3 is 15.2 Å². The maximum Gasteiger partial charge on any atom is 0.407 e. The molecular formula is C19H23NO3. The van der Waals surface area contributed by atoms with E-state index >= 15 is 0 Å². The molecule has 1 atom stereocenters. The number of methoxy groups -OCH3 is 1. The molecule has 0 radical (unpaired) electrons. The molecule has 1 aliphatic carbocycles. The molecule has 0 heterocycles. The van der Waals surface area contributed by atoms with E-state index in [1.54, 1.807) is 6.07 Å². The summed E-state index contributed by atoms with van der Waals surface area (Å²) in [6, 6.07) is 11.4. The summed E-state index contributed by atoms with van der Waals surface area (Å²) in [7, 11) is 1.37. The third-order valence-corrected chi connectivity index (χ3v) is 4.84. The van der Waals surface area contributed by atoms with E-state index < -0.39 is 6.09 Å². The Morgan fingerprint density at radius 3 is 2.65 bits per heavy atom. The van der Waals surface area contributed by atoms with Gasteiger partial charge in [0, 0.05) is 5.56 Å². The number of carbonyl (C=O) groups is 1. The molecule has 1 amide bonds. The van der Waals surface area contributed by atoms with Crippen LogP contribution in [0.1, 0.15) is 43.7 Å². The molecule has 0 bridgehead atoms. The summed E-state index contributed by atoms with van der Waals surface area (Å²) in [5.74, 6) is 0.551. The fourth-order valence-corrected chi connectivity index (χ4v) is 3.69. The number of ether oxygens (including phenoxy) is 1. The number of fused-ring (bicyclic) bond motifs is 1. The monoisotopic (exact) mass is 313 g/mol. The number of benzene rings is 2. The lowest BCUT2D eigenvalue weighted by Crippen LogP contribution is -2.34. The van der Waals surface area contributed by atoms with Gasteiger partial charge in [-0.2, -0.15) is 0 Å². The number of carbonyl (C=O) groups excluding carboxylic acids is 1. The number of alkyl carbamates (subject to hydrolysis) is 1. The van der Waals surface area contributed by atoms with Crippen LogP contribution in [0.4, 0.5) is 4.79 Å². The fraction of sp³-hybridized carbons (Fsp3) is 0.421. The zero-order valence-corrected chi connectivity index (χ0v) is 13.4. The third kappa shape index (κ3) is 3.26. The van der Waals surface area contributed by atoms with Crippen molar-refractivity contribution in [3.8, 4) is 5.75 Å². The van der Waals surface area contributed by atoms with Gasteiger partial charge in [0.25, 0.3) is 0 Å². The largest absolute Gasteiger partial charge is 0.508 e. The van der Waals surface area contributed by atoms with Gasteiger partial charge in [-0.15, -0.1) is 0 Å². The lowest BCUT2D eigenvalue weighted by atomic mass is 9.79. The second kappa shape index (κ2) is 6.90. The molecule has 2 aromatic carbocycles. The predicted molar refractivity (Wildman–Crippen MR) is 90.5 cm³/mol. The molecule has 4 nitrogen and oxygen atoms in total. The van der Waals surface area contributed by atoms with E-state index in [9.17, 15) is 9.90 Å². The third-order valence-electron chi connectivity index (χ3n) is 4.84. The molecule has 3 rings (SSSR count). The molecule has 0 saturated heterocycles. The summed E-state index contributed by atoms with van der Waals surface area (Å²) < 4.78 is 4.81. The Hall–Kier alpha value is -2.23. The second-order valence-corrected chi connectivity index (χ2v) is 6.23. The molecule has 0 aromatic heterocycles. The van der Waals surface area contributed by atoms with Crippen LogP contribution in [0.25, 0.3) is 10.8 Å². The Balaban J connectivity index is 2.08. The van der Waals surface area contributed by atoms with E-state index in [0.717, 1.165) is 42.0 Å². The molecule has 1 unspecified atom stereocenters. The first-order valence-electron chi connectivity index (χ1n) is 8.26. The van der Waals surface area contributed by atoms with Crippen LogP contribution in [0, 0.1) is 5.92 Å². The van der Waals surface area contributed by atoms with Crippen LogP contribution in [-0.2, 0) is 4.74 Å². The van der Waals surface area contributed by atoms with Crippen molar-refractivity contribution in [2.24, 2.45) is 5.92 Å². The number of rotatable bonds is 3. The average Bonchev–Trinajstić information content (AvgIpc) is 2.60. The van der Waals surface area contributed by atoms with E-state index in [1.807, 2.05) is 30.3 Å². The van der Waals surface area contributed by atoms with Gasteiger partial charge in [0.05, 0.1) is 13.2 Å². The minimum absolute atomic E-state index is 0.228. The van der Waals surface area contributed by atoms with Gasteiger partial charge in [0.2, 0.25) is 0 Å². The van der Waals surface area contributed by atoms with Crippen LogP contribution >= 0.6 is 0 Å². The highest BCUT2D eigenvalue weighted by Gasteiger charge is 2.30. The highest BCUT2D eigenvalue weighted by Crippen LogP contribution is 2.41. The molecule has 0 spiro atoms. The zero-order valence-electron chi connectivity index (χ0n) is 13.4. The summed E-state index contributed by atoms with van der Waals surface area (Å²) in [6.45, 7) is 0. The summed E-state index contributed by atoms with van der Waals surface area (Å²) in [6.07, 6.45) is 5.22. The van der Waals surface area contributed by atoms with Crippen molar-refractivity contribution in [2.75, 3.05) is 7.11 Å². The van der Waals surface area contributed by atoms with Crippen molar-refractivity contribution in [3.05, 3.63) is 42.0 Å². The summed E-state index contributed by atoms with van der Waals surface area (Å²) in [5.41, 5.74) is 0.806. The lowest BCUT2D eigenvalue weighted by molar-refractivity contribution is 0.157. The maximum atomic E-state index is 11.9. The standard InChI is InChI=1S/C19H23NO3/c1-23-19(22)20-18(14-8-3-2-4-9-14)17-15-10-6-5-7-13(15)11-12-16(17)21/h5-7,10-12,14,18,21H,2-4,8-9H2,1H3,(H,20,22). The first-order chi connectivity index (χ1) is 11.2. The van der Waals surface area contributed by atoms with Crippen molar-refractivity contribution in [3.63, 3.8) is 0 Å². The van der Waals surface area contributed by atoms with Gasteiger partial charge in [-0.25, -0.2) is 4.79 Å². The van der Waals surface area contributed by atoms with Gasteiger partial charge in [-0.05, 0) is 35.6 Å². The van der Waals surface area contributed by atoms with E-state index in [1.165, 1.54) is 13.5 Å². The molecule has 4 heteroatoms. The van der Waals surface area contributed by atoms with Gasteiger partial charge in [-0.1, -0.05) is 49.6 Å². The van der Waals surface area contributed by atoms with Crippen LogP contribution < -0.4 is 5.32 Å². The smallest absolute Gasteiger partial charge is 0.407 e. The molecule has 23 heavy (non-hydrogen) atoms. The SMILES string of the molecule is COC(=O)NC(c1c(O)ccc2ccccc12)C1CCCCC1. The van der Waals surface area contributed by atoms with Crippen molar-refractivity contribution in [1.82, 2.24) is 5.32 Å². The van der Waals surface area contributed by atoms with Crippen molar-refractivity contribution < 1.29 is 14.6 Å². The summed E-state index contributed by atoms with van der Waals surface area (Å²) >= 11 is 0. The van der Waals surface area contributed by atoms with Crippen molar-refractivity contribution in [1.29, 1.82) is 0 Å². The topological polar surface area (TPSA) is 58.6 Å². The molecule has 1 saturated carbocycles. The number of hydrogen-bond donors (Lipinski definition) is 2. The summed E-state index contributed by atoms with van der Waals surface area (Å²) in [5, 5.41) is 15.5. The van der Waals surface area contributed by atoms with Crippen molar-refractivity contribution >= 4 is 16.9 Å². The molecule has 1 aliphatic rings. The number of hydrogen-bond acceptors (Lipinski definition) is 3. The molecular weight excluding hydrogens is 290 g/mol. The maximum absolute atomic E-state index is 11.9. The predicted octanol–water partition coefficient (Wildman–Crippen LogP) is 4.52. The minimum atomic E-state index is -0.451. The number of phenolic OH excluding ortho intramolecular Hbond substituents is 1. The zero-order chi connectivity index (χ0) is 16.2. The quantitative estimate of drug-likeness (QED) is 0.875. The Morgan fingerprint density at radius 1 is 1.17 bits per heavy atom. The molecule has 2 aromatic rings. The Morgan fingerprint density at radius 2 is 1.91 bits per heavy atom. The van der Waals surface area contributed by atoms with Crippen LogP contribution in [-0.4, -0.2) is 18.3 Å². The highest BCUT2D eigenvalue weighted by molar-refractivity contribution is 5.88. The Bertz CT molecular complexity index is 692. The van der Waals surface area contributed by atoms with Crippen LogP contribution in [0.15, 0.2) is 36.4 Å². The number of aromatic hydroxyl groups is 1. The number of nitrogens with one attached hydrogen (secondary N) is 1. The van der Waals surface area contributed by atoms with Gasteiger partial charge in [0.1, 0.15) is 5.75 Å². The first-order valence-corrected chi connectivity index (χ1v) is 8.26. The van der Waals surface area contributed by atoms with E-state index in [-0.39, 0.29) is 11.8 Å². The Labute approximate surface area is 136 Å². The first kappa shape index (κ1) is 15.7. The molecule has 2 N–H and O–H groups in total. The van der Waals surface area contributed by atoms with E-state index in [2.05, 4.69) is 5.32 Å². The van der Waals surface area contributed by atoms with Crippen molar-refractivity contribution in [2.45, 2.75) is 38.1 Å². The normalized spacial score (nSPS) is 16.9.